The predicted octanol–water partition coefficient (Wildman–Crippen LogP) is 3.67. The summed E-state index contributed by atoms with van der Waals surface area (Å²) in [4.78, 5) is 27.2. The molecule has 0 fully saturated rings. The third-order valence-electron chi connectivity index (χ3n) is 4.86. The molecule has 174 valence electrons. The molecule has 1 atom stereocenters. The van der Waals surface area contributed by atoms with Gasteiger partial charge in [0.05, 0.1) is 11.4 Å². The van der Waals surface area contributed by atoms with Crippen molar-refractivity contribution in [2.75, 3.05) is 20.1 Å². The molecule has 0 bridgehead atoms. The van der Waals surface area contributed by atoms with Crippen LogP contribution in [0.4, 0.5) is 0 Å². The molecule has 7 nitrogen and oxygen atoms in total. The second-order valence-electron chi connectivity index (χ2n) is 7.33. The van der Waals surface area contributed by atoms with Gasteiger partial charge in [-0.2, -0.15) is 4.31 Å². The molecule has 0 heterocycles. The molecule has 0 aliphatic rings. The zero-order valence-electron chi connectivity index (χ0n) is 18.2. The third kappa shape index (κ3) is 7.03. The summed E-state index contributed by atoms with van der Waals surface area (Å²) in [5.74, 6) is -0.771. The third-order valence-corrected chi connectivity index (χ3v) is 7.46. The van der Waals surface area contributed by atoms with Crippen molar-refractivity contribution in [1.29, 1.82) is 0 Å². The molecular formula is C22H27BrClN3O4S. The van der Waals surface area contributed by atoms with Gasteiger partial charge < -0.3 is 10.2 Å². The Morgan fingerprint density at radius 1 is 1.09 bits per heavy atom. The van der Waals surface area contributed by atoms with Crippen molar-refractivity contribution in [2.24, 2.45) is 0 Å². The molecule has 2 aromatic carbocycles. The summed E-state index contributed by atoms with van der Waals surface area (Å²) >= 11 is 9.22. The van der Waals surface area contributed by atoms with Gasteiger partial charge in [-0.3, -0.25) is 9.59 Å². The first-order valence-corrected chi connectivity index (χ1v) is 12.7. The van der Waals surface area contributed by atoms with Crippen LogP contribution in [-0.4, -0.2) is 55.6 Å². The fourth-order valence-corrected chi connectivity index (χ4v) is 4.43. The van der Waals surface area contributed by atoms with Crippen LogP contribution in [0.3, 0.4) is 0 Å². The van der Waals surface area contributed by atoms with Crippen molar-refractivity contribution in [3.8, 4) is 0 Å². The molecule has 2 amide bonds. The zero-order chi connectivity index (χ0) is 23.9. The SMILES string of the molecule is CCCNC(=O)[C@@H](C)N(Cc1ccc(Br)cc1)C(=O)CN(C)S(=O)(=O)c1ccc(Cl)cc1. The van der Waals surface area contributed by atoms with Gasteiger partial charge in [0.2, 0.25) is 21.8 Å². The number of hydrogen-bond donors (Lipinski definition) is 1. The monoisotopic (exact) mass is 543 g/mol. The Kier molecular flexibility index (Phi) is 9.69. The van der Waals surface area contributed by atoms with Gasteiger partial charge in [0.15, 0.2) is 0 Å². The van der Waals surface area contributed by atoms with Crippen LogP contribution in [0.1, 0.15) is 25.8 Å². The van der Waals surface area contributed by atoms with Crippen molar-refractivity contribution in [3.63, 3.8) is 0 Å². The molecule has 0 aliphatic heterocycles. The minimum Gasteiger partial charge on any atom is -0.354 e. The number of nitrogens with zero attached hydrogens (tertiary/aromatic N) is 2. The summed E-state index contributed by atoms with van der Waals surface area (Å²) in [5, 5.41) is 3.20. The molecule has 0 aromatic heterocycles. The van der Waals surface area contributed by atoms with Gasteiger partial charge in [0, 0.05) is 29.6 Å². The van der Waals surface area contributed by atoms with Crippen molar-refractivity contribution in [2.45, 2.75) is 37.8 Å². The zero-order valence-corrected chi connectivity index (χ0v) is 21.4. The highest BCUT2D eigenvalue weighted by Gasteiger charge is 2.30. The maximum Gasteiger partial charge on any atom is 0.243 e. The summed E-state index contributed by atoms with van der Waals surface area (Å²) in [6.07, 6.45) is 0.765. The average Bonchev–Trinajstić information content (AvgIpc) is 2.76. The maximum atomic E-state index is 13.2. The molecule has 0 radical (unpaired) electrons. The van der Waals surface area contributed by atoms with Crippen LogP contribution in [0.5, 0.6) is 0 Å². The Balaban J connectivity index is 2.24. The first kappa shape index (κ1) is 26.3. The lowest BCUT2D eigenvalue weighted by molar-refractivity contribution is -0.140. The van der Waals surface area contributed by atoms with Crippen LogP contribution in [0.25, 0.3) is 0 Å². The van der Waals surface area contributed by atoms with Crippen LogP contribution in [-0.2, 0) is 26.2 Å². The first-order chi connectivity index (χ1) is 15.1. The Labute approximate surface area is 202 Å². The van der Waals surface area contributed by atoms with Gasteiger partial charge in [0.1, 0.15) is 6.04 Å². The minimum absolute atomic E-state index is 0.0328. The van der Waals surface area contributed by atoms with Crippen molar-refractivity contribution < 1.29 is 18.0 Å². The summed E-state index contributed by atoms with van der Waals surface area (Å²) in [5.41, 5.74) is 0.819. The normalized spacial score (nSPS) is 12.4. The van der Waals surface area contributed by atoms with E-state index in [1.54, 1.807) is 6.92 Å². The fraction of sp³-hybridized carbons (Fsp3) is 0.364. The number of carbonyl (C=O) groups excluding carboxylic acids is 2. The second-order valence-corrected chi connectivity index (χ2v) is 10.7. The number of rotatable bonds is 10. The van der Waals surface area contributed by atoms with E-state index in [-0.39, 0.29) is 17.3 Å². The van der Waals surface area contributed by atoms with Gasteiger partial charge in [-0.25, -0.2) is 8.42 Å². The van der Waals surface area contributed by atoms with Crippen molar-refractivity contribution in [1.82, 2.24) is 14.5 Å². The molecule has 0 spiro atoms. The Bertz CT molecular complexity index is 1030. The van der Waals surface area contributed by atoms with E-state index >= 15 is 0 Å². The van der Waals surface area contributed by atoms with E-state index in [0.29, 0.717) is 11.6 Å². The van der Waals surface area contributed by atoms with Crippen LogP contribution < -0.4 is 5.32 Å². The number of carbonyl (C=O) groups is 2. The second kappa shape index (κ2) is 11.8. The predicted molar refractivity (Wildman–Crippen MR) is 129 cm³/mol. The van der Waals surface area contributed by atoms with Crippen molar-refractivity contribution >= 4 is 49.4 Å². The van der Waals surface area contributed by atoms with Gasteiger partial charge >= 0.3 is 0 Å². The van der Waals surface area contributed by atoms with E-state index in [0.717, 1.165) is 20.8 Å². The van der Waals surface area contributed by atoms with Gasteiger partial charge in [-0.15, -0.1) is 0 Å². The Hall–Kier alpha value is -1.94. The number of sulfonamides is 1. The highest BCUT2D eigenvalue weighted by molar-refractivity contribution is 9.10. The molecule has 2 rings (SSSR count). The minimum atomic E-state index is -3.90. The standard InChI is InChI=1S/C22H27BrClN3O4S/c1-4-13-25-22(29)16(2)27(14-17-5-7-18(23)8-6-17)21(28)15-26(3)32(30,31)20-11-9-19(24)10-12-20/h5-12,16H,4,13-15H2,1-3H3,(H,25,29)/t16-/m1/s1. The number of hydrogen-bond acceptors (Lipinski definition) is 4. The molecule has 0 saturated carbocycles. The van der Waals surface area contributed by atoms with E-state index < -0.39 is 28.5 Å². The van der Waals surface area contributed by atoms with Crippen LogP contribution in [0.2, 0.25) is 5.02 Å². The van der Waals surface area contributed by atoms with Crippen molar-refractivity contribution in [3.05, 3.63) is 63.6 Å². The molecule has 32 heavy (non-hydrogen) atoms. The smallest absolute Gasteiger partial charge is 0.243 e. The van der Waals surface area contributed by atoms with Gasteiger partial charge in [-0.05, 0) is 55.3 Å². The fourth-order valence-electron chi connectivity index (χ4n) is 2.92. The molecule has 0 saturated heterocycles. The largest absolute Gasteiger partial charge is 0.354 e. The van der Waals surface area contributed by atoms with Crippen LogP contribution >= 0.6 is 27.5 Å². The first-order valence-electron chi connectivity index (χ1n) is 10.1. The number of amides is 2. The average molecular weight is 545 g/mol. The molecule has 2 aromatic rings. The highest BCUT2D eigenvalue weighted by atomic mass is 79.9. The molecular weight excluding hydrogens is 518 g/mol. The quantitative estimate of drug-likeness (QED) is 0.495. The summed E-state index contributed by atoms with van der Waals surface area (Å²) in [6, 6.07) is 12.3. The topological polar surface area (TPSA) is 86.8 Å². The van der Waals surface area contributed by atoms with E-state index in [4.69, 9.17) is 11.6 Å². The molecule has 0 aliphatic carbocycles. The van der Waals surface area contributed by atoms with E-state index in [1.165, 1.54) is 36.2 Å². The van der Waals surface area contributed by atoms with Gasteiger partial charge in [-0.1, -0.05) is 46.6 Å². The number of nitrogens with one attached hydrogen (secondary N) is 1. The van der Waals surface area contributed by atoms with Crippen LogP contribution in [0.15, 0.2) is 57.9 Å². The Morgan fingerprint density at radius 3 is 2.25 bits per heavy atom. The van der Waals surface area contributed by atoms with E-state index in [2.05, 4.69) is 21.2 Å². The van der Waals surface area contributed by atoms with E-state index in [9.17, 15) is 18.0 Å². The maximum absolute atomic E-state index is 13.2. The lowest BCUT2D eigenvalue weighted by Crippen LogP contribution is -2.50. The van der Waals surface area contributed by atoms with E-state index in [1.807, 2.05) is 31.2 Å². The highest BCUT2D eigenvalue weighted by Crippen LogP contribution is 2.19. The summed E-state index contributed by atoms with van der Waals surface area (Å²) in [6.45, 7) is 3.82. The molecule has 1 N–H and O–H groups in total. The number of halogens is 2. The number of benzene rings is 2. The summed E-state index contributed by atoms with van der Waals surface area (Å²) < 4.78 is 27.6. The lowest BCUT2D eigenvalue weighted by atomic mass is 10.1. The molecule has 0 unspecified atom stereocenters. The lowest BCUT2D eigenvalue weighted by Gasteiger charge is -2.30. The number of likely N-dealkylation sites (N-methyl/N-ethyl adjacent to an activating group) is 1. The summed E-state index contributed by atoms with van der Waals surface area (Å²) in [7, 11) is -2.57. The van der Waals surface area contributed by atoms with Crippen LogP contribution in [0, 0.1) is 0 Å². The van der Waals surface area contributed by atoms with Gasteiger partial charge in [0.25, 0.3) is 0 Å². The molecule has 10 heteroatoms. The Morgan fingerprint density at radius 2 is 1.69 bits per heavy atom.